The molecule has 1 heterocycles. The van der Waals surface area contributed by atoms with Gasteiger partial charge in [0, 0.05) is 17.7 Å². The standard InChI is InChI=1S/C21H28N2O4S3/c1-2-3-4-5-6-13-27-17-11-9-16(10-12-17)18(24)15-29-21-23-22-20(30-21)28-14-7-8-19(25)26/h9-12H,2-8,13-15H2,1H3,(H,25,26). The van der Waals surface area contributed by atoms with Crippen LogP contribution >= 0.6 is 34.9 Å². The molecule has 1 aromatic carbocycles. The summed E-state index contributed by atoms with van der Waals surface area (Å²) in [5, 5.41) is 16.8. The average Bonchev–Trinajstić information content (AvgIpc) is 3.20. The van der Waals surface area contributed by atoms with Crippen LogP contribution in [0.1, 0.15) is 62.2 Å². The molecule has 0 spiro atoms. The minimum absolute atomic E-state index is 0.0389. The molecule has 0 saturated carbocycles. The lowest BCUT2D eigenvalue weighted by Crippen LogP contribution is -2.03. The van der Waals surface area contributed by atoms with Crippen molar-refractivity contribution in [2.75, 3.05) is 18.1 Å². The molecule has 0 saturated heterocycles. The van der Waals surface area contributed by atoms with Gasteiger partial charge in [-0.1, -0.05) is 67.5 Å². The topological polar surface area (TPSA) is 89.4 Å². The minimum atomic E-state index is -0.787. The Balaban J connectivity index is 1.67. The van der Waals surface area contributed by atoms with Crippen molar-refractivity contribution in [1.29, 1.82) is 0 Å². The number of benzene rings is 1. The Morgan fingerprint density at radius 1 is 1.00 bits per heavy atom. The van der Waals surface area contributed by atoms with Crippen LogP contribution in [-0.4, -0.2) is 45.2 Å². The van der Waals surface area contributed by atoms with Crippen molar-refractivity contribution in [3.8, 4) is 5.75 Å². The predicted octanol–water partition coefficient (Wildman–Crippen LogP) is 5.82. The fourth-order valence-corrected chi connectivity index (χ4v) is 5.46. The summed E-state index contributed by atoms with van der Waals surface area (Å²) in [6, 6.07) is 7.31. The van der Waals surface area contributed by atoms with Crippen molar-refractivity contribution in [1.82, 2.24) is 10.2 Å². The second-order valence-electron chi connectivity index (χ2n) is 6.68. The maximum atomic E-state index is 12.4. The van der Waals surface area contributed by atoms with E-state index in [1.807, 2.05) is 12.1 Å². The summed E-state index contributed by atoms with van der Waals surface area (Å²) in [7, 11) is 0. The van der Waals surface area contributed by atoms with E-state index in [4.69, 9.17) is 9.84 Å². The zero-order valence-corrected chi connectivity index (χ0v) is 19.6. The van der Waals surface area contributed by atoms with Gasteiger partial charge in [0.15, 0.2) is 14.5 Å². The molecule has 164 valence electrons. The molecule has 0 aliphatic carbocycles. The number of carboxylic acids is 1. The maximum absolute atomic E-state index is 12.4. The van der Waals surface area contributed by atoms with Crippen molar-refractivity contribution >= 4 is 46.6 Å². The molecule has 0 fully saturated rings. The van der Waals surface area contributed by atoms with Crippen LogP contribution in [0.5, 0.6) is 5.75 Å². The zero-order chi connectivity index (χ0) is 21.6. The Bertz CT molecular complexity index is 781. The third kappa shape index (κ3) is 9.95. The fourth-order valence-electron chi connectivity index (χ4n) is 2.54. The van der Waals surface area contributed by atoms with Crippen LogP contribution in [0.2, 0.25) is 0 Å². The summed E-state index contributed by atoms with van der Waals surface area (Å²) in [6.07, 6.45) is 6.77. The van der Waals surface area contributed by atoms with E-state index in [0.717, 1.165) is 20.8 Å². The van der Waals surface area contributed by atoms with E-state index in [-0.39, 0.29) is 12.2 Å². The number of nitrogens with zero attached hydrogens (tertiary/aromatic N) is 2. The molecule has 0 radical (unpaired) electrons. The molecule has 2 aromatic rings. The smallest absolute Gasteiger partial charge is 0.303 e. The average molecular weight is 469 g/mol. The van der Waals surface area contributed by atoms with E-state index in [1.165, 1.54) is 60.5 Å². The van der Waals surface area contributed by atoms with Crippen molar-refractivity contribution in [2.24, 2.45) is 0 Å². The van der Waals surface area contributed by atoms with Crippen molar-refractivity contribution in [2.45, 2.75) is 60.5 Å². The van der Waals surface area contributed by atoms with Crippen LogP contribution in [0, 0.1) is 0 Å². The van der Waals surface area contributed by atoms with Gasteiger partial charge < -0.3 is 9.84 Å². The number of carboxylic acid groups (broad SMARTS) is 1. The van der Waals surface area contributed by atoms with E-state index in [2.05, 4.69) is 17.1 Å². The van der Waals surface area contributed by atoms with Crippen LogP contribution in [0.25, 0.3) is 0 Å². The first-order chi connectivity index (χ1) is 14.6. The highest BCUT2D eigenvalue weighted by molar-refractivity contribution is 8.03. The number of aliphatic carboxylic acids is 1. The number of carbonyl (C=O) groups excluding carboxylic acids is 1. The number of ketones is 1. The van der Waals surface area contributed by atoms with Gasteiger partial charge in [-0.2, -0.15) is 0 Å². The van der Waals surface area contributed by atoms with Crippen molar-refractivity contribution in [3.05, 3.63) is 29.8 Å². The van der Waals surface area contributed by atoms with E-state index in [1.54, 1.807) is 12.1 Å². The molecule has 0 unspecified atom stereocenters. The number of unbranched alkanes of at least 4 members (excludes halogenated alkanes) is 4. The lowest BCUT2D eigenvalue weighted by molar-refractivity contribution is -0.137. The Kier molecular flexibility index (Phi) is 11.9. The number of ether oxygens (including phenoxy) is 1. The summed E-state index contributed by atoms with van der Waals surface area (Å²) in [6.45, 7) is 2.91. The van der Waals surface area contributed by atoms with Crippen LogP contribution < -0.4 is 4.74 Å². The summed E-state index contributed by atoms with van der Waals surface area (Å²) in [4.78, 5) is 22.9. The molecular weight excluding hydrogens is 440 g/mol. The summed E-state index contributed by atoms with van der Waals surface area (Å²) in [5.74, 6) is 1.04. The van der Waals surface area contributed by atoms with Crippen LogP contribution in [0.4, 0.5) is 0 Å². The normalized spacial score (nSPS) is 10.8. The van der Waals surface area contributed by atoms with Gasteiger partial charge in [0.1, 0.15) is 5.75 Å². The van der Waals surface area contributed by atoms with Crippen LogP contribution in [0.3, 0.4) is 0 Å². The second-order valence-corrected chi connectivity index (χ2v) is 10.2. The first-order valence-electron chi connectivity index (χ1n) is 10.2. The Labute approximate surface area is 190 Å². The number of rotatable bonds is 16. The van der Waals surface area contributed by atoms with Crippen LogP contribution in [0.15, 0.2) is 32.9 Å². The maximum Gasteiger partial charge on any atom is 0.303 e. The largest absolute Gasteiger partial charge is 0.494 e. The SMILES string of the molecule is CCCCCCCOc1ccc(C(=O)CSc2nnc(SCCCC(=O)O)s2)cc1. The third-order valence-electron chi connectivity index (χ3n) is 4.17. The molecule has 0 atom stereocenters. The van der Waals surface area contributed by atoms with Gasteiger partial charge in [0.25, 0.3) is 0 Å². The Hall–Kier alpha value is -1.58. The number of aromatic nitrogens is 2. The third-order valence-corrected chi connectivity index (χ3v) is 7.44. The molecule has 2 rings (SSSR count). The summed E-state index contributed by atoms with van der Waals surface area (Å²) < 4.78 is 7.28. The Morgan fingerprint density at radius 2 is 1.70 bits per heavy atom. The molecule has 6 nitrogen and oxygen atoms in total. The lowest BCUT2D eigenvalue weighted by atomic mass is 10.1. The molecule has 30 heavy (non-hydrogen) atoms. The molecular formula is C21H28N2O4S3. The quantitative estimate of drug-likeness (QED) is 0.187. The van der Waals surface area contributed by atoms with Gasteiger partial charge in [-0.3, -0.25) is 9.59 Å². The highest BCUT2D eigenvalue weighted by Gasteiger charge is 2.11. The molecule has 1 N–H and O–H groups in total. The first-order valence-corrected chi connectivity index (χ1v) is 12.9. The van der Waals surface area contributed by atoms with Gasteiger partial charge >= 0.3 is 5.97 Å². The molecule has 0 aliphatic heterocycles. The van der Waals surface area contributed by atoms with E-state index in [9.17, 15) is 9.59 Å². The molecule has 0 bridgehead atoms. The van der Waals surface area contributed by atoms with Crippen molar-refractivity contribution < 1.29 is 19.4 Å². The van der Waals surface area contributed by atoms with E-state index >= 15 is 0 Å². The summed E-state index contributed by atoms with van der Waals surface area (Å²) >= 11 is 4.30. The van der Waals surface area contributed by atoms with Gasteiger partial charge in [-0.05, 0) is 37.1 Å². The van der Waals surface area contributed by atoms with Crippen LogP contribution in [-0.2, 0) is 4.79 Å². The highest BCUT2D eigenvalue weighted by atomic mass is 32.2. The fraction of sp³-hybridized carbons (Fsp3) is 0.524. The molecule has 0 amide bonds. The van der Waals surface area contributed by atoms with E-state index < -0.39 is 5.97 Å². The zero-order valence-electron chi connectivity index (χ0n) is 17.2. The lowest BCUT2D eigenvalue weighted by Gasteiger charge is -2.07. The molecule has 1 aromatic heterocycles. The molecule has 0 aliphatic rings. The molecule has 9 heteroatoms. The number of thioether (sulfide) groups is 2. The number of Topliss-reactive ketones (excluding diaryl/α,β-unsaturated/α-hetero) is 1. The Morgan fingerprint density at radius 3 is 2.40 bits per heavy atom. The second kappa shape index (κ2) is 14.4. The summed E-state index contributed by atoms with van der Waals surface area (Å²) in [5.41, 5.74) is 0.658. The number of carbonyl (C=O) groups is 2. The van der Waals surface area contributed by atoms with Gasteiger partial charge in [-0.25, -0.2) is 0 Å². The minimum Gasteiger partial charge on any atom is -0.494 e. The highest BCUT2D eigenvalue weighted by Crippen LogP contribution is 2.29. The van der Waals surface area contributed by atoms with E-state index in [0.29, 0.717) is 30.1 Å². The van der Waals surface area contributed by atoms with Gasteiger partial charge in [-0.15, -0.1) is 10.2 Å². The number of hydrogen-bond donors (Lipinski definition) is 1. The van der Waals surface area contributed by atoms with Crippen molar-refractivity contribution in [3.63, 3.8) is 0 Å². The van der Waals surface area contributed by atoms with Gasteiger partial charge in [0.05, 0.1) is 12.4 Å². The monoisotopic (exact) mass is 468 g/mol. The van der Waals surface area contributed by atoms with Gasteiger partial charge in [0.2, 0.25) is 0 Å². The number of hydrogen-bond acceptors (Lipinski definition) is 8. The predicted molar refractivity (Wildman–Crippen MR) is 123 cm³/mol. The first kappa shape index (κ1) is 24.7.